The maximum absolute atomic E-state index is 14.2. The highest BCUT2D eigenvalue weighted by Crippen LogP contribution is 2.41. The van der Waals surface area contributed by atoms with Crippen molar-refractivity contribution in [1.29, 1.82) is 0 Å². The number of carbonyl (C=O) groups excluding carboxylic acids is 1. The van der Waals surface area contributed by atoms with Gasteiger partial charge in [0.25, 0.3) is 5.92 Å². The number of carbonyl (C=O) groups is 1. The van der Waals surface area contributed by atoms with Crippen LogP contribution in [0.4, 0.5) is 32.6 Å². The van der Waals surface area contributed by atoms with Crippen LogP contribution in [0.25, 0.3) is 11.1 Å². The van der Waals surface area contributed by atoms with Crippen LogP contribution in [-0.2, 0) is 23.4 Å². The number of halogens is 5. The lowest BCUT2D eigenvalue weighted by Crippen LogP contribution is -2.32. The molecule has 3 aromatic rings. The standard InChI is InChI=1S/C30H30F5N3O3/c1-18-27(19-14-20(29(2,31)32)16-21(15-19)30(33,34)35)41-28(39)38(18)17-24-22(23-8-4-5-9-25(23)40-3)10-11-26(36-24)37-12-6-7-13-37/h4-5,8-11,14-16,18,27H,6-7,12-13,17H2,1-3H3. The Labute approximate surface area is 234 Å². The fourth-order valence-corrected chi connectivity index (χ4v) is 5.40. The third-order valence-electron chi connectivity index (χ3n) is 7.62. The number of hydrogen-bond donors (Lipinski definition) is 0. The third-order valence-corrected chi connectivity index (χ3v) is 7.62. The summed E-state index contributed by atoms with van der Waals surface area (Å²) in [5, 5.41) is 0. The third kappa shape index (κ3) is 5.80. The van der Waals surface area contributed by atoms with Crippen molar-refractivity contribution in [2.45, 2.75) is 57.5 Å². The molecule has 0 bridgehead atoms. The average Bonchev–Trinajstić information content (AvgIpc) is 3.57. The summed E-state index contributed by atoms with van der Waals surface area (Å²) in [5.41, 5.74) is -0.151. The smallest absolute Gasteiger partial charge is 0.416 e. The Kier molecular flexibility index (Phi) is 7.56. The number of alkyl halides is 5. The number of ether oxygens (including phenoxy) is 2. The Morgan fingerprint density at radius 2 is 1.66 bits per heavy atom. The first-order chi connectivity index (χ1) is 19.4. The van der Waals surface area contributed by atoms with Crippen LogP contribution in [0, 0.1) is 0 Å². The van der Waals surface area contributed by atoms with Crippen molar-refractivity contribution in [3.05, 3.63) is 77.0 Å². The molecule has 0 N–H and O–H groups in total. The average molecular weight is 576 g/mol. The van der Waals surface area contributed by atoms with Gasteiger partial charge in [-0.05, 0) is 61.7 Å². The molecule has 6 nitrogen and oxygen atoms in total. The number of benzene rings is 2. The zero-order valence-electron chi connectivity index (χ0n) is 22.8. The Bertz CT molecular complexity index is 1400. The highest BCUT2D eigenvalue weighted by Gasteiger charge is 2.43. The lowest BCUT2D eigenvalue weighted by Gasteiger charge is -2.25. The number of methoxy groups -OCH3 is 1. The van der Waals surface area contributed by atoms with Crippen molar-refractivity contribution in [3.63, 3.8) is 0 Å². The summed E-state index contributed by atoms with van der Waals surface area (Å²) in [4.78, 5) is 21.5. The van der Waals surface area contributed by atoms with Gasteiger partial charge in [-0.2, -0.15) is 13.2 Å². The number of rotatable bonds is 7. The van der Waals surface area contributed by atoms with Gasteiger partial charge in [-0.25, -0.2) is 18.6 Å². The van der Waals surface area contributed by atoms with Crippen molar-refractivity contribution in [3.8, 4) is 16.9 Å². The van der Waals surface area contributed by atoms with Crippen LogP contribution in [0.1, 0.15) is 55.2 Å². The molecular formula is C30H30F5N3O3. The Hall–Kier alpha value is -3.89. The Morgan fingerprint density at radius 1 is 0.976 bits per heavy atom. The maximum Gasteiger partial charge on any atom is 0.416 e. The summed E-state index contributed by atoms with van der Waals surface area (Å²) in [6, 6.07) is 12.6. The van der Waals surface area contributed by atoms with E-state index >= 15 is 0 Å². The van der Waals surface area contributed by atoms with Gasteiger partial charge in [-0.15, -0.1) is 0 Å². The zero-order valence-corrected chi connectivity index (χ0v) is 22.8. The van der Waals surface area contributed by atoms with Crippen LogP contribution >= 0.6 is 0 Å². The van der Waals surface area contributed by atoms with Gasteiger partial charge < -0.3 is 14.4 Å². The molecule has 2 unspecified atom stereocenters. The topological polar surface area (TPSA) is 54.9 Å². The molecular weight excluding hydrogens is 545 g/mol. The number of aromatic nitrogens is 1. The van der Waals surface area contributed by atoms with E-state index in [4.69, 9.17) is 14.5 Å². The largest absolute Gasteiger partial charge is 0.496 e. The molecule has 2 aliphatic rings. The number of hydrogen-bond acceptors (Lipinski definition) is 5. The van der Waals surface area contributed by atoms with E-state index in [0.717, 1.165) is 55.0 Å². The lowest BCUT2D eigenvalue weighted by molar-refractivity contribution is -0.137. The van der Waals surface area contributed by atoms with Gasteiger partial charge in [-0.3, -0.25) is 4.90 Å². The molecule has 11 heteroatoms. The van der Waals surface area contributed by atoms with Crippen molar-refractivity contribution in [1.82, 2.24) is 9.88 Å². The lowest BCUT2D eigenvalue weighted by atomic mass is 9.95. The minimum Gasteiger partial charge on any atom is -0.496 e. The van der Waals surface area contributed by atoms with E-state index in [2.05, 4.69) is 4.90 Å². The minimum atomic E-state index is -4.86. The first-order valence-electron chi connectivity index (χ1n) is 13.3. The van der Waals surface area contributed by atoms with Crippen molar-refractivity contribution >= 4 is 11.9 Å². The van der Waals surface area contributed by atoms with Gasteiger partial charge in [0, 0.05) is 36.7 Å². The molecule has 0 aliphatic carbocycles. The van der Waals surface area contributed by atoms with E-state index in [1.54, 1.807) is 14.0 Å². The Balaban J connectivity index is 1.52. The number of amides is 1. The fourth-order valence-electron chi connectivity index (χ4n) is 5.40. The molecule has 2 saturated heterocycles. The van der Waals surface area contributed by atoms with Gasteiger partial charge in [0.1, 0.15) is 17.7 Å². The van der Waals surface area contributed by atoms with Crippen LogP contribution in [-0.4, -0.2) is 42.2 Å². The summed E-state index contributed by atoms with van der Waals surface area (Å²) in [6.07, 6.45) is -4.74. The molecule has 218 valence electrons. The van der Waals surface area contributed by atoms with Crippen LogP contribution in [0.2, 0.25) is 0 Å². The van der Waals surface area contributed by atoms with Crippen molar-refractivity contribution in [2.75, 3.05) is 25.1 Å². The van der Waals surface area contributed by atoms with Crippen LogP contribution in [0.15, 0.2) is 54.6 Å². The fraction of sp³-hybridized carbons (Fsp3) is 0.400. The van der Waals surface area contributed by atoms with E-state index in [1.165, 1.54) is 4.90 Å². The molecule has 41 heavy (non-hydrogen) atoms. The van der Waals surface area contributed by atoms with Gasteiger partial charge in [0.15, 0.2) is 0 Å². The SMILES string of the molecule is COc1ccccc1-c1ccc(N2CCCC2)nc1CN1C(=O)OC(c2cc(C(C)(F)F)cc(C(F)(F)F)c2)C1C. The molecule has 1 amide bonds. The number of pyridine rings is 1. The highest BCUT2D eigenvalue weighted by atomic mass is 19.4. The second-order valence-electron chi connectivity index (χ2n) is 10.5. The quantitative estimate of drug-likeness (QED) is 0.272. The van der Waals surface area contributed by atoms with E-state index < -0.39 is 41.5 Å². The van der Waals surface area contributed by atoms with E-state index in [0.29, 0.717) is 24.4 Å². The zero-order chi connectivity index (χ0) is 29.5. The minimum absolute atomic E-state index is 0.0126. The molecule has 2 fully saturated rings. The number of nitrogens with zero attached hydrogens (tertiary/aromatic N) is 3. The molecule has 5 rings (SSSR count). The summed E-state index contributed by atoms with van der Waals surface area (Å²) < 4.78 is 80.2. The van der Waals surface area contributed by atoms with E-state index in [-0.39, 0.29) is 12.1 Å². The van der Waals surface area contributed by atoms with Crippen LogP contribution in [0.3, 0.4) is 0 Å². The monoisotopic (exact) mass is 575 g/mol. The van der Waals surface area contributed by atoms with Crippen molar-refractivity contribution < 1.29 is 36.2 Å². The molecule has 0 radical (unpaired) electrons. The summed E-state index contributed by atoms with van der Waals surface area (Å²) in [7, 11) is 1.55. The first-order valence-corrected chi connectivity index (χ1v) is 13.3. The molecule has 0 saturated carbocycles. The number of anilines is 1. The summed E-state index contributed by atoms with van der Waals surface area (Å²) in [5.74, 6) is -2.16. The van der Waals surface area contributed by atoms with Gasteiger partial charge in [-0.1, -0.05) is 18.2 Å². The molecule has 2 atom stereocenters. The van der Waals surface area contributed by atoms with E-state index in [1.807, 2.05) is 36.4 Å². The van der Waals surface area contributed by atoms with Gasteiger partial charge >= 0.3 is 12.3 Å². The predicted molar refractivity (Wildman–Crippen MR) is 143 cm³/mol. The molecule has 2 aromatic carbocycles. The second kappa shape index (κ2) is 10.8. The van der Waals surface area contributed by atoms with E-state index in [9.17, 15) is 26.7 Å². The van der Waals surface area contributed by atoms with Crippen molar-refractivity contribution in [2.24, 2.45) is 0 Å². The van der Waals surface area contributed by atoms with Gasteiger partial charge in [0.05, 0.1) is 31.0 Å². The Morgan fingerprint density at radius 3 is 2.32 bits per heavy atom. The molecule has 0 spiro atoms. The normalized spacial score (nSPS) is 19.6. The first kappa shape index (κ1) is 28.6. The number of cyclic esters (lactones) is 1. The molecule has 1 aromatic heterocycles. The predicted octanol–water partition coefficient (Wildman–Crippen LogP) is 7.57. The van der Waals surface area contributed by atoms with Gasteiger partial charge in [0.2, 0.25) is 0 Å². The molecule has 2 aliphatic heterocycles. The van der Waals surface area contributed by atoms with Crippen LogP contribution in [0.5, 0.6) is 5.75 Å². The number of para-hydroxylation sites is 1. The molecule has 3 heterocycles. The highest BCUT2D eigenvalue weighted by molar-refractivity contribution is 5.75. The summed E-state index contributed by atoms with van der Waals surface area (Å²) in [6.45, 7) is 3.84. The maximum atomic E-state index is 14.2. The van der Waals surface area contributed by atoms with Crippen LogP contribution < -0.4 is 9.64 Å². The second-order valence-corrected chi connectivity index (χ2v) is 10.5. The summed E-state index contributed by atoms with van der Waals surface area (Å²) >= 11 is 0.